The van der Waals surface area contributed by atoms with Gasteiger partial charge in [-0.2, -0.15) is 0 Å². The van der Waals surface area contributed by atoms with Gasteiger partial charge in [-0.15, -0.1) is 22.7 Å². The number of hydrogen-bond donors (Lipinski definition) is 1. The van der Waals surface area contributed by atoms with Crippen LogP contribution in [0.15, 0.2) is 47.2 Å². The third-order valence-corrected chi connectivity index (χ3v) is 5.23. The van der Waals surface area contributed by atoms with Gasteiger partial charge in [0.1, 0.15) is 10.8 Å². The molecule has 3 aromatic rings. The van der Waals surface area contributed by atoms with Gasteiger partial charge in [-0.3, -0.25) is 4.79 Å². The highest BCUT2D eigenvalue weighted by atomic mass is 32.1. The van der Waals surface area contributed by atoms with Gasteiger partial charge in [-0.1, -0.05) is 24.3 Å². The summed E-state index contributed by atoms with van der Waals surface area (Å²) in [6.07, 6.45) is 0.731. The van der Waals surface area contributed by atoms with Crippen LogP contribution < -0.4 is 5.32 Å². The van der Waals surface area contributed by atoms with Gasteiger partial charge in [0.05, 0.1) is 17.0 Å². The molecule has 6 heteroatoms. The second kappa shape index (κ2) is 7.48. The summed E-state index contributed by atoms with van der Waals surface area (Å²) in [5.41, 5.74) is 1.38. The zero-order valence-corrected chi connectivity index (χ0v) is 13.9. The predicted octanol–water partition coefficient (Wildman–Crippen LogP) is 3.91. The number of halogens is 1. The Hall–Kier alpha value is -2.05. The van der Waals surface area contributed by atoms with Crippen LogP contribution >= 0.6 is 22.7 Å². The molecule has 0 radical (unpaired) electrons. The fourth-order valence-electron chi connectivity index (χ4n) is 2.17. The number of rotatable bonds is 6. The van der Waals surface area contributed by atoms with E-state index in [2.05, 4.69) is 10.3 Å². The number of hydrogen-bond acceptors (Lipinski definition) is 4. The number of thiazole rings is 1. The molecule has 0 saturated carbocycles. The molecule has 0 atom stereocenters. The van der Waals surface area contributed by atoms with E-state index in [1.807, 2.05) is 22.9 Å². The summed E-state index contributed by atoms with van der Waals surface area (Å²) in [4.78, 5) is 17.5. The Morgan fingerprint density at radius 1 is 1.17 bits per heavy atom. The molecular formula is C17H15FN2OS2. The van der Waals surface area contributed by atoms with Gasteiger partial charge < -0.3 is 5.32 Å². The lowest BCUT2D eigenvalue weighted by atomic mass is 10.1. The highest BCUT2D eigenvalue weighted by molar-refractivity contribution is 7.20. The van der Waals surface area contributed by atoms with E-state index >= 15 is 0 Å². The predicted molar refractivity (Wildman–Crippen MR) is 92.2 cm³/mol. The highest BCUT2D eigenvalue weighted by Gasteiger charge is 2.09. The Kier molecular flexibility index (Phi) is 5.15. The van der Waals surface area contributed by atoms with E-state index in [4.69, 9.17) is 0 Å². The summed E-state index contributed by atoms with van der Waals surface area (Å²) < 4.78 is 13.5. The Morgan fingerprint density at radius 3 is 2.83 bits per heavy atom. The first kappa shape index (κ1) is 15.8. The van der Waals surface area contributed by atoms with Gasteiger partial charge in [0, 0.05) is 11.9 Å². The van der Waals surface area contributed by atoms with Crippen LogP contribution in [0, 0.1) is 5.82 Å². The third-order valence-electron chi connectivity index (χ3n) is 3.30. The molecule has 118 valence electrons. The van der Waals surface area contributed by atoms with Crippen LogP contribution in [0.2, 0.25) is 0 Å². The highest BCUT2D eigenvalue weighted by Crippen LogP contribution is 2.27. The van der Waals surface area contributed by atoms with Gasteiger partial charge in [0.2, 0.25) is 5.91 Å². The molecule has 2 aromatic heterocycles. The van der Waals surface area contributed by atoms with E-state index in [9.17, 15) is 9.18 Å². The molecule has 0 saturated heterocycles. The van der Waals surface area contributed by atoms with E-state index < -0.39 is 0 Å². The average Bonchev–Trinajstić information content (AvgIpc) is 3.20. The lowest BCUT2D eigenvalue weighted by Gasteiger charge is -2.05. The molecule has 1 amide bonds. The Labute approximate surface area is 141 Å². The minimum atomic E-state index is -0.234. The Balaban J connectivity index is 1.49. The quantitative estimate of drug-likeness (QED) is 0.735. The molecular weight excluding hydrogens is 331 g/mol. The second-order valence-electron chi connectivity index (χ2n) is 4.99. The summed E-state index contributed by atoms with van der Waals surface area (Å²) >= 11 is 3.17. The number of aromatic nitrogens is 1. The maximum absolute atomic E-state index is 13.5. The van der Waals surface area contributed by atoms with Crippen molar-refractivity contribution in [2.24, 2.45) is 0 Å². The van der Waals surface area contributed by atoms with Crippen LogP contribution in [0.4, 0.5) is 4.39 Å². The van der Waals surface area contributed by atoms with E-state index in [1.54, 1.807) is 40.9 Å². The van der Waals surface area contributed by atoms with Crippen molar-refractivity contribution in [3.8, 4) is 9.88 Å². The zero-order valence-electron chi connectivity index (χ0n) is 12.3. The van der Waals surface area contributed by atoms with Crippen molar-refractivity contribution >= 4 is 28.6 Å². The summed E-state index contributed by atoms with van der Waals surface area (Å²) in [6.45, 7) is 0.418. The summed E-state index contributed by atoms with van der Waals surface area (Å²) in [6, 6.07) is 10.6. The molecule has 1 aromatic carbocycles. The number of carbonyl (C=O) groups is 1. The monoisotopic (exact) mass is 346 g/mol. The van der Waals surface area contributed by atoms with Crippen LogP contribution in [-0.4, -0.2) is 17.4 Å². The largest absolute Gasteiger partial charge is 0.355 e. The lowest BCUT2D eigenvalue weighted by Crippen LogP contribution is -2.27. The lowest BCUT2D eigenvalue weighted by molar-refractivity contribution is -0.120. The smallest absolute Gasteiger partial charge is 0.226 e. The first-order valence-electron chi connectivity index (χ1n) is 7.21. The second-order valence-corrected chi connectivity index (χ2v) is 6.80. The molecule has 0 aliphatic carbocycles. The maximum atomic E-state index is 13.5. The minimum Gasteiger partial charge on any atom is -0.355 e. The molecule has 3 rings (SSSR count). The van der Waals surface area contributed by atoms with E-state index in [0.717, 1.165) is 15.6 Å². The molecule has 0 aliphatic rings. The summed E-state index contributed by atoms with van der Waals surface area (Å²) in [5.74, 6) is -0.328. The van der Waals surface area contributed by atoms with E-state index in [1.165, 1.54) is 6.07 Å². The normalized spacial score (nSPS) is 10.7. The van der Waals surface area contributed by atoms with Crippen molar-refractivity contribution in [2.75, 3.05) is 6.54 Å². The zero-order chi connectivity index (χ0) is 16.1. The molecule has 2 heterocycles. The molecule has 0 aliphatic heterocycles. The van der Waals surface area contributed by atoms with Gasteiger partial charge in [0.25, 0.3) is 0 Å². The van der Waals surface area contributed by atoms with Crippen LogP contribution in [0.5, 0.6) is 0 Å². The molecule has 23 heavy (non-hydrogen) atoms. The fourth-order valence-corrected chi connectivity index (χ4v) is 3.80. The van der Waals surface area contributed by atoms with Crippen LogP contribution in [0.25, 0.3) is 9.88 Å². The Bertz CT molecular complexity index is 784. The first-order valence-corrected chi connectivity index (χ1v) is 8.96. The average molecular weight is 346 g/mol. The topological polar surface area (TPSA) is 42.0 Å². The van der Waals surface area contributed by atoms with Crippen molar-refractivity contribution in [3.05, 3.63) is 64.2 Å². The third kappa shape index (κ3) is 4.24. The van der Waals surface area contributed by atoms with Crippen molar-refractivity contribution < 1.29 is 9.18 Å². The van der Waals surface area contributed by atoms with Crippen molar-refractivity contribution in [3.63, 3.8) is 0 Å². The van der Waals surface area contributed by atoms with Gasteiger partial charge in [-0.05, 0) is 29.5 Å². The number of benzene rings is 1. The van der Waals surface area contributed by atoms with Crippen molar-refractivity contribution in [1.82, 2.24) is 10.3 Å². The summed E-state index contributed by atoms with van der Waals surface area (Å²) in [7, 11) is 0. The molecule has 1 N–H and O–H groups in total. The Morgan fingerprint density at radius 2 is 2.04 bits per heavy atom. The number of thiophene rings is 1. The molecule has 0 spiro atoms. The van der Waals surface area contributed by atoms with Crippen molar-refractivity contribution in [1.29, 1.82) is 0 Å². The fraction of sp³-hybridized carbons (Fsp3) is 0.176. The molecule has 3 nitrogen and oxygen atoms in total. The van der Waals surface area contributed by atoms with Gasteiger partial charge in [-0.25, -0.2) is 9.37 Å². The van der Waals surface area contributed by atoms with Gasteiger partial charge in [0.15, 0.2) is 0 Å². The number of amides is 1. The molecule has 0 fully saturated rings. The van der Waals surface area contributed by atoms with Crippen LogP contribution in [-0.2, 0) is 17.6 Å². The van der Waals surface area contributed by atoms with Crippen LogP contribution in [0.3, 0.4) is 0 Å². The van der Waals surface area contributed by atoms with E-state index in [0.29, 0.717) is 18.5 Å². The number of nitrogens with zero attached hydrogens (tertiary/aromatic N) is 1. The maximum Gasteiger partial charge on any atom is 0.226 e. The standard InChI is InChI=1S/C17H15FN2OS2/c18-14-5-2-1-4-12(14)7-8-19-16(21)10-13-11-23-17(20-13)15-6-3-9-22-15/h1-6,9,11H,7-8,10H2,(H,19,21). The summed E-state index contributed by atoms with van der Waals surface area (Å²) in [5, 5.41) is 7.67. The molecule has 0 bridgehead atoms. The number of carbonyl (C=O) groups excluding carboxylic acids is 1. The minimum absolute atomic E-state index is 0.0932. The first-order chi connectivity index (χ1) is 11.2. The SMILES string of the molecule is O=C(Cc1csc(-c2cccs2)n1)NCCc1ccccc1F. The number of nitrogens with one attached hydrogen (secondary N) is 1. The van der Waals surface area contributed by atoms with Crippen molar-refractivity contribution in [2.45, 2.75) is 12.8 Å². The van der Waals surface area contributed by atoms with Crippen LogP contribution in [0.1, 0.15) is 11.3 Å². The van der Waals surface area contributed by atoms with Gasteiger partial charge >= 0.3 is 0 Å². The molecule has 0 unspecified atom stereocenters. The van der Waals surface area contributed by atoms with E-state index in [-0.39, 0.29) is 18.1 Å².